The van der Waals surface area contributed by atoms with Gasteiger partial charge in [-0.2, -0.15) is 0 Å². The minimum Gasteiger partial charge on any atom is -0.291 e. The van der Waals surface area contributed by atoms with Crippen molar-refractivity contribution in [3.8, 4) is 5.82 Å². The van der Waals surface area contributed by atoms with Crippen molar-refractivity contribution in [2.24, 2.45) is 0 Å². The molecular weight excluding hydrogens is 338 g/mol. The summed E-state index contributed by atoms with van der Waals surface area (Å²) in [7, 11) is -3.78. The summed E-state index contributed by atoms with van der Waals surface area (Å²) in [4.78, 5) is 12.5. The van der Waals surface area contributed by atoms with E-state index in [0.717, 1.165) is 5.39 Å². The van der Waals surface area contributed by atoms with Crippen molar-refractivity contribution < 1.29 is 8.42 Å². The number of hydrogen-bond donors (Lipinski definition) is 1. The molecule has 25 heavy (non-hydrogen) atoms. The standard InChI is InChI=1S/C17H13N5O2S/c23-25(24,15-5-1-3-13-4-2-8-19-17(13)15)21-14-6-7-16(20-11-14)22-10-9-18-12-22/h1-12,21H. The van der Waals surface area contributed by atoms with Crippen molar-refractivity contribution in [1.82, 2.24) is 19.5 Å². The number of sulfonamides is 1. The van der Waals surface area contributed by atoms with Crippen molar-refractivity contribution in [2.75, 3.05) is 4.72 Å². The maximum Gasteiger partial charge on any atom is 0.264 e. The van der Waals surface area contributed by atoms with Gasteiger partial charge in [-0.25, -0.2) is 18.4 Å². The van der Waals surface area contributed by atoms with Gasteiger partial charge < -0.3 is 0 Å². The van der Waals surface area contributed by atoms with Gasteiger partial charge in [0.1, 0.15) is 17.0 Å². The summed E-state index contributed by atoms with van der Waals surface area (Å²) in [5, 5.41) is 0.763. The first-order valence-electron chi connectivity index (χ1n) is 7.44. The molecule has 7 nitrogen and oxygen atoms in total. The monoisotopic (exact) mass is 351 g/mol. The van der Waals surface area contributed by atoms with Gasteiger partial charge >= 0.3 is 0 Å². The van der Waals surface area contributed by atoms with Gasteiger partial charge in [0, 0.05) is 24.0 Å². The average Bonchev–Trinajstić information content (AvgIpc) is 3.16. The highest BCUT2D eigenvalue weighted by atomic mass is 32.2. The first kappa shape index (κ1) is 15.3. The van der Waals surface area contributed by atoms with Crippen LogP contribution in [-0.2, 0) is 10.0 Å². The number of imidazole rings is 1. The molecule has 0 spiro atoms. The molecule has 3 aromatic heterocycles. The van der Waals surface area contributed by atoms with Crippen LogP contribution < -0.4 is 4.72 Å². The third-order valence-corrected chi connectivity index (χ3v) is 5.07. The van der Waals surface area contributed by atoms with E-state index in [1.165, 1.54) is 12.3 Å². The second-order valence-corrected chi connectivity index (χ2v) is 6.96. The van der Waals surface area contributed by atoms with Crippen LogP contribution in [0.1, 0.15) is 0 Å². The minimum atomic E-state index is -3.78. The second-order valence-electron chi connectivity index (χ2n) is 5.31. The summed E-state index contributed by atoms with van der Waals surface area (Å²) in [6, 6.07) is 12.0. The number of anilines is 1. The molecule has 4 rings (SSSR count). The van der Waals surface area contributed by atoms with Crippen LogP contribution in [0.25, 0.3) is 16.7 Å². The van der Waals surface area contributed by atoms with Gasteiger partial charge in [0.15, 0.2) is 0 Å². The lowest BCUT2D eigenvalue weighted by Crippen LogP contribution is -2.14. The van der Waals surface area contributed by atoms with Crippen molar-refractivity contribution >= 4 is 26.6 Å². The molecule has 0 aliphatic carbocycles. The first-order chi connectivity index (χ1) is 12.1. The molecule has 1 N–H and O–H groups in total. The molecule has 0 saturated carbocycles. The number of fused-ring (bicyclic) bond motifs is 1. The Morgan fingerprint density at radius 2 is 1.84 bits per heavy atom. The number of hydrogen-bond acceptors (Lipinski definition) is 5. The Balaban J connectivity index is 1.67. The summed E-state index contributed by atoms with van der Waals surface area (Å²) in [6.45, 7) is 0. The van der Waals surface area contributed by atoms with Crippen LogP contribution in [0.5, 0.6) is 0 Å². The second kappa shape index (κ2) is 5.99. The molecule has 0 aliphatic rings. The van der Waals surface area contributed by atoms with Crippen molar-refractivity contribution in [2.45, 2.75) is 4.90 Å². The molecule has 0 atom stereocenters. The first-order valence-corrected chi connectivity index (χ1v) is 8.93. The molecule has 8 heteroatoms. The van der Waals surface area contributed by atoms with Crippen molar-refractivity contribution in [1.29, 1.82) is 0 Å². The predicted octanol–water partition coefficient (Wildman–Crippen LogP) is 2.62. The van der Waals surface area contributed by atoms with Gasteiger partial charge in [0.2, 0.25) is 0 Å². The van der Waals surface area contributed by atoms with E-state index in [1.807, 2.05) is 12.1 Å². The quantitative estimate of drug-likeness (QED) is 0.610. The Morgan fingerprint density at radius 1 is 0.960 bits per heavy atom. The Morgan fingerprint density at radius 3 is 2.60 bits per heavy atom. The topological polar surface area (TPSA) is 89.8 Å². The Labute approximate surface area is 144 Å². The molecule has 0 aliphatic heterocycles. The summed E-state index contributed by atoms with van der Waals surface area (Å²) in [5.41, 5.74) is 0.803. The molecule has 124 valence electrons. The largest absolute Gasteiger partial charge is 0.291 e. The summed E-state index contributed by atoms with van der Waals surface area (Å²) in [6.07, 6.45) is 8.06. The SMILES string of the molecule is O=S(=O)(Nc1ccc(-n2ccnc2)nc1)c1cccc2cccnc12. The van der Waals surface area contributed by atoms with Crippen LogP contribution >= 0.6 is 0 Å². The van der Waals surface area contributed by atoms with Gasteiger partial charge in [-0.3, -0.25) is 14.3 Å². The number of rotatable bonds is 4. The van der Waals surface area contributed by atoms with Gasteiger partial charge in [-0.15, -0.1) is 0 Å². The zero-order valence-electron chi connectivity index (χ0n) is 12.9. The van der Waals surface area contributed by atoms with Crippen LogP contribution in [0, 0.1) is 0 Å². The molecule has 3 heterocycles. The molecule has 1 aromatic carbocycles. The summed E-state index contributed by atoms with van der Waals surface area (Å²) < 4.78 is 29.7. The highest BCUT2D eigenvalue weighted by Crippen LogP contribution is 2.23. The molecule has 0 bridgehead atoms. The van der Waals surface area contributed by atoms with E-state index in [9.17, 15) is 8.42 Å². The number of nitrogens with one attached hydrogen (secondary N) is 1. The zero-order chi connectivity index (χ0) is 17.3. The molecule has 4 aromatic rings. The zero-order valence-corrected chi connectivity index (χ0v) is 13.8. The lowest BCUT2D eigenvalue weighted by Gasteiger charge is -2.10. The van der Waals surface area contributed by atoms with E-state index >= 15 is 0 Å². The van der Waals surface area contributed by atoms with Gasteiger partial charge in [0.05, 0.1) is 17.4 Å². The highest BCUT2D eigenvalue weighted by molar-refractivity contribution is 7.93. The average molecular weight is 351 g/mol. The normalized spacial score (nSPS) is 11.5. The molecule has 0 unspecified atom stereocenters. The third-order valence-electron chi connectivity index (χ3n) is 3.65. The van der Waals surface area contributed by atoms with E-state index in [0.29, 0.717) is 17.0 Å². The lowest BCUT2D eigenvalue weighted by atomic mass is 10.2. The van der Waals surface area contributed by atoms with Crippen LogP contribution in [0.4, 0.5) is 5.69 Å². The van der Waals surface area contributed by atoms with Crippen LogP contribution in [0.3, 0.4) is 0 Å². The molecule has 0 fully saturated rings. The van der Waals surface area contributed by atoms with E-state index < -0.39 is 10.0 Å². The van der Waals surface area contributed by atoms with E-state index in [4.69, 9.17) is 0 Å². The maximum atomic E-state index is 12.7. The Bertz CT molecular complexity index is 1120. The maximum absolute atomic E-state index is 12.7. The fourth-order valence-electron chi connectivity index (χ4n) is 2.50. The number of benzene rings is 1. The Kier molecular flexibility index (Phi) is 3.66. The molecule has 0 radical (unpaired) electrons. The van der Waals surface area contributed by atoms with Gasteiger partial charge in [-0.1, -0.05) is 18.2 Å². The third kappa shape index (κ3) is 2.94. The van der Waals surface area contributed by atoms with E-state index in [-0.39, 0.29) is 4.90 Å². The van der Waals surface area contributed by atoms with E-state index in [1.54, 1.807) is 53.8 Å². The fourth-order valence-corrected chi connectivity index (χ4v) is 3.72. The smallest absolute Gasteiger partial charge is 0.264 e. The summed E-state index contributed by atoms with van der Waals surface area (Å²) >= 11 is 0. The van der Waals surface area contributed by atoms with Crippen LogP contribution in [0.15, 0.2) is 78.5 Å². The number of para-hydroxylation sites is 1. The minimum absolute atomic E-state index is 0.129. The lowest BCUT2D eigenvalue weighted by molar-refractivity contribution is 0.602. The van der Waals surface area contributed by atoms with Gasteiger partial charge in [-0.05, 0) is 24.3 Å². The Hall–Kier alpha value is -3.26. The number of pyridine rings is 2. The fraction of sp³-hybridized carbons (Fsp3) is 0. The van der Waals surface area contributed by atoms with Crippen molar-refractivity contribution in [3.05, 3.63) is 73.6 Å². The number of aromatic nitrogens is 4. The predicted molar refractivity (Wildman–Crippen MR) is 93.9 cm³/mol. The molecule has 0 amide bonds. The van der Waals surface area contributed by atoms with Gasteiger partial charge in [0.25, 0.3) is 10.0 Å². The molecular formula is C17H13N5O2S. The van der Waals surface area contributed by atoms with Crippen LogP contribution in [-0.4, -0.2) is 27.9 Å². The van der Waals surface area contributed by atoms with E-state index in [2.05, 4.69) is 19.7 Å². The summed E-state index contributed by atoms with van der Waals surface area (Å²) in [5.74, 6) is 0.646. The number of nitrogens with zero attached hydrogens (tertiary/aromatic N) is 4. The molecule has 0 saturated heterocycles. The highest BCUT2D eigenvalue weighted by Gasteiger charge is 2.18. The van der Waals surface area contributed by atoms with Crippen LogP contribution in [0.2, 0.25) is 0 Å². The van der Waals surface area contributed by atoms with Crippen molar-refractivity contribution in [3.63, 3.8) is 0 Å².